The Morgan fingerprint density at radius 3 is 2.30 bits per heavy atom. The summed E-state index contributed by atoms with van der Waals surface area (Å²) in [7, 11) is 6.84. The van der Waals surface area contributed by atoms with Crippen molar-refractivity contribution >= 4 is 39.7 Å². The van der Waals surface area contributed by atoms with Gasteiger partial charge in [0.2, 0.25) is 5.78 Å². The number of Topliss-reactive ketones (excluding diaryl/α,β-unsaturated/α-hetero) is 2. The fourth-order valence-corrected chi connectivity index (χ4v) is 7.36. The lowest BCUT2D eigenvalue weighted by Gasteiger charge is -2.50. The van der Waals surface area contributed by atoms with Crippen molar-refractivity contribution in [2.45, 2.75) is 24.5 Å². The fourth-order valence-electron chi connectivity index (χ4n) is 7.36. The number of likely N-dealkylation sites (N-methyl/N-ethyl adjacent to an activating group) is 1. The molecule has 1 saturated carbocycles. The van der Waals surface area contributed by atoms with Crippen LogP contribution in [0.1, 0.15) is 17.5 Å². The predicted octanol–water partition coefficient (Wildman–Crippen LogP) is 2.85. The SMILES string of the molecule is CN(C)c1cc(-c2cccc3ccccc23)c(O)c2c1C[C@H]1C[C@H]3[C@H](N(C)C)C(=O)C(C(N)=O)=C(O)[C@@]3(O)C(=O)C1=C2O. The number of carbonyl (C=O) groups excluding carboxylic acids is 3. The van der Waals surface area contributed by atoms with Gasteiger partial charge in [-0.25, -0.2) is 0 Å². The Bertz CT molecular complexity index is 1820. The van der Waals surface area contributed by atoms with Crippen molar-refractivity contribution in [2.75, 3.05) is 33.1 Å². The molecule has 0 aromatic heterocycles. The van der Waals surface area contributed by atoms with E-state index in [0.29, 0.717) is 11.1 Å². The number of nitrogens with two attached hydrogens (primary N) is 1. The molecular weight excluding hydrogens is 550 g/mol. The highest BCUT2D eigenvalue weighted by atomic mass is 16.3. The monoisotopic (exact) mass is 583 g/mol. The molecule has 4 atom stereocenters. The number of amides is 1. The van der Waals surface area contributed by atoms with Crippen LogP contribution in [0, 0.1) is 11.8 Å². The molecule has 3 aliphatic rings. The molecule has 10 heteroatoms. The number of ketones is 2. The Kier molecular flexibility index (Phi) is 6.41. The second kappa shape index (κ2) is 9.68. The largest absolute Gasteiger partial charge is 0.508 e. The van der Waals surface area contributed by atoms with E-state index in [0.717, 1.165) is 22.0 Å². The zero-order valence-electron chi connectivity index (χ0n) is 24.3. The van der Waals surface area contributed by atoms with E-state index >= 15 is 0 Å². The number of primary amides is 1. The van der Waals surface area contributed by atoms with Crippen LogP contribution in [-0.2, 0) is 20.8 Å². The standard InChI is InChI=1S/C33H33N3O7/c1-35(2)22-14-19(18-11-7-9-15-8-5-6-10-17(15)18)27(37)24-20(22)12-16-13-21-26(36(3)4)29(39)25(32(34)42)31(41)33(21,43)30(40)23(16)28(24)38/h5-11,14,16,21,26,37-38,41,43H,12-13H2,1-4H3,(H2,34,42)/t16-,21-,26-,33-/m0/s1. The van der Waals surface area contributed by atoms with Gasteiger partial charge in [0.05, 0.1) is 11.6 Å². The molecule has 1 fully saturated rings. The average Bonchev–Trinajstić information content (AvgIpc) is 2.94. The summed E-state index contributed by atoms with van der Waals surface area (Å²) in [6.45, 7) is 0. The van der Waals surface area contributed by atoms with Gasteiger partial charge in [-0.05, 0) is 60.8 Å². The number of anilines is 1. The van der Waals surface area contributed by atoms with Gasteiger partial charge in [-0.2, -0.15) is 0 Å². The van der Waals surface area contributed by atoms with Crippen molar-refractivity contribution in [1.82, 2.24) is 4.90 Å². The number of benzene rings is 3. The van der Waals surface area contributed by atoms with Gasteiger partial charge in [-0.3, -0.25) is 19.3 Å². The van der Waals surface area contributed by atoms with Crippen LogP contribution in [-0.4, -0.2) is 82.6 Å². The predicted molar refractivity (Wildman–Crippen MR) is 162 cm³/mol. The first-order chi connectivity index (χ1) is 20.3. The number of hydrogen-bond donors (Lipinski definition) is 5. The number of fused-ring (bicyclic) bond motifs is 4. The number of aliphatic hydroxyl groups is 3. The Balaban J connectivity index is 1.62. The molecule has 222 valence electrons. The highest BCUT2D eigenvalue weighted by molar-refractivity contribution is 6.24. The first kappa shape index (κ1) is 28.4. The number of aromatic hydroxyl groups is 1. The summed E-state index contributed by atoms with van der Waals surface area (Å²) >= 11 is 0. The van der Waals surface area contributed by atoms with Gasteiger partial charge in [-0.15, -0.1) is 0 Å². The highest BCUT2D eigenvalue weighted by Crippen LogP contribution is 2.55. The van der Waals surface area contributed by atoms with E-state index in [1.54, 1.807) is 14.1 Å². The molecule has 0 bridgehead atoms. The maximum absolute atomic E-state index is 14.2. The van der Waals surface area contributed by atoms with Crippen LogP contribution in [0.3, 0.4) is 0 Å². The minimum atomic E-state index is -2.68. The molecule has 3 aromatic rings. The smallest absolute Gasteiger partial charge is 0.255 e. The maximum atomic E-state index is 14.2. The molecule has 10 nitrogen and oxygen atoms in total. The molecule has 3 aliphatic carbocycles. The third kappa shape index (κ3) is 3.83. The van der Waals surface area contributed by atoms with Crippen molar-refractivity contribution in [3.8, 4) is 16.9 Å². The molecule has 0 heterocycles. The molecule has 0 unspecified atom stereocenters. The molecule has 0 spiro atoms. The summed E-state index contributed by atoms with van der Waals surface area (Å²) in [5, 5.41) is 48.4. The molecule has 1 amide bonds. The van der Waals surface area contributed by atoms with Crippen molar-refractivity contribution in [3.05, 3.63) is 76.6 Å². The first-order valence-electron chi connectivity index (χ1n) is 14.0. The van der Waals surface area contributed by atoms with Crippen molar-refractivity contribution in [3.63, 3.8) is 0 Å². The maximum Gasteiger partial charge on any atom is 0.255 e. The fraction of sp³-hybridized carbons (Fsp3) is 0.303. The van der Waals surface area contributed by atoms with Crippen molar-refractivity contribution in [2.24, 2.45) is 17.6 Å². The first-order valence-corrected chi connectivity index (χ1v) is 14.0. The zero-order valence-corrected chi connectivity index (χ0v) is 24.3. The Morgan fingerprint density at radius 1 is 0.977 bits per heavy atom. The summed E-state index contributed by atoms with van der Waals surface area (Å²) in [6, 6.07) is 14.1. The Labute approximate surface area is 247 Å². The van der Waals surface area contributed by atoms with Crippen LogP contribution in [0.15, 0.2) is 65.4 Å². The number of carbonyl (C=O) groups is 3. The van der Waals surface area contributed by atoms with E-state index in [9.17, 15) is 34.8 Å². The number of rotatable bonds is 4. The van der Waals surface area contributed by atoms with Gasteiger partial charge < -0.3 is 31.1 Å². The van der Waals surface area contributed by atoms with Crippen LogP contribution >= 0.6 is 0 Å². The molecule has 0 aliphatic heterocycles. The van der Waals surface area contributed by atoms with Crippen LogP contribution in [0.4, 0.5) is 5.69 Å². The summed E-state index contributed by atoms with van der Waals surface area (Å²) < 4.78 is 0. The Hall–Kier alpha value is -4.67. The topological polar surface area (TPSA) is 165 Å². The second-order valence-electron chi connectivity index (χ2n) is 12.0. The number of nitrogens with zero attached hydrogens (tertiary/aromatic N) is 2. The summed E-state index contributed by atoms with van der Waals surface area (Å²) in [5.74, 6) is -6.71. The lowest BCUT2D eigenvalue weighted by atomic mass is 9.57. The summed E-state index contributed by atoms with van der Waals surface area (Å²) in [5.41, 5.74) is 4.28. The minimum Gasteiger partial charge on any atom is -0.508 e. The lowest BCUT2D eigenvalue weighted by molar-refractivity contribution is -0.153. The normalized spacial score (nSPS) is 25.1. The third-order valence-corrected chi connectivity index (χ3v) is 9.26. The summed E-state index contributed by atoms with van der Waals surface area (Å²) in [6.07, 6.45) is 0.246. The highest BCUT2D eigenvalue weighted by Gasteiger charge is 2.64. The molecule has 3 aromatic carbocycles. The van der Waals surface area contributed by atoms with Gasteiger partial charge in [-0.1, -0.05) is 42.5 Å². The second-order valence-corrected chi connectivity index (χ2v) is 12.0. The molecule has 6 rings (SSSR count). The van der Waals surface area contributed by atoms with Gasteiger partial charge in [0.15, 0.2) is 11.4 Å². The van der Waals surface area contributed by atoms with E-state index in [1.165, 1.54) is 4.90 Å². The number of phenols is 1. The van der Waals surface area contributed by atoms with Gasteiger partial charge >= 0.3 is 0 Å². The average molecular weight is 584 g/mol. The van der Waals surface area contributed by atoms with E-state index in [2.05, 4.69) is 0 Å². The number of phenolic OH excluding ortho intramolecular Hbond substituents is 1. The molecule has 43 heavy (non-hydrogen) atoms. The molecule has 0 saturated heterocycles. The van der Waals surface area contributed by atoms with Crippen LogP contribution < -0.4 is 10.6 Å². The van der Waals surface area contributed by atoms with Crippen LogP contribution in [0.25, 0.3) is 27.7 Å². The number of aliphatic hydroxyl groups excluding tert-OH is 2. The molecule has 0 radical (unpaired) electrons. The van der Waals surface area contributed by atoms with E-state index in [1.807, 2.05) is 67.5 Å². The van der Waals surface area contributed by atoms with E-state index in [4.69, 9.17) is 5.73 Å². The van der Waals surface area contributed by atoms with E-state index in [-0.39, 0.29) is 29.7 Å². The third-order valence-electron chi connectivity index (χ3n) is 9.26. The zero-order chi connectivity index (χ0) is 31.1. The van der Waals surface area contributed by atoms with Crippen LogP contribution in [0.2, 0.25) is 0 Å². The minimum absolute atomic E-state index is 0.0322. The van der Waals surface area contributed by atoms with Gasteiger partial charge in [0.1, 0.15) is 22.8 Å². The van der Waals surface area contributed by atoms with Gasteiger partial charge in [0.25, 0.3) is 5.91 Å². The van der Waals surface area contributed by atoms with Gasteiger partial charge in [0, 0.05) is 36.8 Å². The molecular formula is C33H33N3O7. The summed E-state index contributed by atoms with van der Waals surface area (Å²) in [4.78, 5) is 43.1. The Morgan fingerprint density at radius 2 is 1.65 bits per heavy atom. The molecule has 6 N–H and O–H groups in total. The number of hydrogen-bond acceptors (Lipinski definition) is 9. The lowest BCUT2D eigenvalue weighted by Crippen LogP contribution is -2.65. The quantitative estimate of drug-likeness (QED) is 0.291. The van der Waals surface area contributed by atoms with Crippen molar-refractivity contribution in [1.29, 1.82) is 0 Å². The van der Waals surface area contributed by atoms with E-state index < -0.39 is 58.0 Å². The van der Waals surface area contributed by atoms with Crippen LogP contribution in [0.5, 0.6) is 5.75 Å². The van der Waals surface area contributed by atoms with Crippen molar-refractivity contribution < 1.29 is 34.8 Å².